The lowest BCUT2D eigenvalue weighted by Gasteiger charge is -2.24. The van der Waals surface area contributed by atoms with E-state index in [9.17, 15) is 18.3 Å². The summed E-state index contributed by atoms with van der Waals surface area (Å²) in [6.07, 6.45) is 2.36. The second-order valence-corrected chi connectivity index (χ2v) is 12.9. The lowest BCUT2D eigenvalue weighted by Crippen LogP contribution is -2.85. The van der Waals surface area contributed by atoms with Gasteiger partial charge in [-0.2, -0.15) is 0 Å². The molecule has 4 N–H and O–H groups in total. The van der Waals surface area contributed by atoms with E-state index in [0.29, 0.717) is 37.3 Å². The molecule has 1 amide bonds. The number of amides is 1. The van der Waals surface area contributed by atoms with Gasteiger partial charge in [0.15, 0.2) is 0 Å². The van der Waals surface area contributed by atoms with E-state index in [0.717, 1.165) is 39.8 Å². The molecule has 0 unspecified atom stereocenters. The van der Waals surface area contributed by atoms with E-state index in [2.05, 4.69) is 5.32 Å². The van der Waals surface area contributed by atoms with Crippen molar-refractivity contribution in [3.8, 4) is 5.75 Å². The van der Waals surface area contributed by atoms with E-state index >= 15 is 0 Å². The molecule has 1 aromatic heterocycles. The molecule has 0 aliphatic carbocycles. The Labute approximate surface area is 247 Å². The number of nitrogens with one attached hydrogen (secondary N) is 1. The van der Waals surface area contributed by atoms with E-state index in [4.69, 9.17) is 4.74 Å². The molecule has 5 rings (SSSR count). The number of methoxy groups -OCH3 is 1. The lowest BCUT2D eigenvalue weighted by molar-refractivity contribution is -0.676. The van der Waals surface area contributed by atoms with E-state index in [1.165, 1.54) is 4.31 Å². The minimum atomic E-state index is -3.53. The highest BCUT2D eigenvalue weighted by Crippen LogP contribution is 2.35. The molecule has 3 aromatic carbocycles. The molecule has 0 bridgehead atoms. The normalized spacial score (nSPS) is 15.7. The third-order valence-electron chi connectivity index (χ3n) is 8.03. The van der Waals surface area contributed by atoms with Crippen LogP contribution in [0.1, 0.15) is 34.0 Å². The smallest absolute Gasteiger partial charge is 0.251 e. The number of hydrogen-bond acceptors (Lipinski definition) is 5. The van der Waals surface area contributed by atoms with Crippen LogP contribution in [-0.2, 0) is 36.0 Å². The van der Waals surface area contributed by atoms with Crippen molar-refractivity contribution < 1.29 is 28.4 Å². The van der Waals surface area contributed by atoms with Gasteiger partial charge in [-0.15, -0.1) is 0 Å². The fraction of sp³-hybridized carbons (Fsp3) is 0.344. The Morgan fingerprint density at radius 3 is 2.60 bits per heavy atom. The zero-order valence-corrected chi connectivity index (χ0v) is 25.1. The lowest BCUT2D eigenvalue weighted by atomic mass is 9.99. The number of carbonyl (C=O) groups excluding carboxylic acids is 1. The van der Waals surface area contributed by atoms with Gasteiger partial charge in [-0.1, -0.05) is 49.4 Å². The highest BCUT2D eigenvalue weighted by molar-refractivity contribution is 7.92. The number of rotatable bonds is 11. The highest BCUT2D eigenvalue weighted by Gasteiger charge is 2.29. The Balaban J connectivity index is 1.40. The summed E-state index contributed by atoms with van der Waals surface area (Å²) in [7, 11) is -0.356. The third kappa shape index (κ3) is 6.30. The molecule has 10 heteroatoms. The Hall–Kier alpha value is -3.86. The molecule has 0 saturated heterocycles. The van der Waals surface area contributed by atoms with Crippen LogP contribution in [0.4, 0.5) is 5.69 Å². The molecule has 0 saturated carbocycles. The predicted molar refractivity (Wildman–Crippen MR) is 164 cm³/mol. The van der Waals surface area contributed by atoms with Crippen LogP contribution in [0, 0.1) is 0 Å². The van der Waals surface area contributed by atoms with Gasteiger partial charge < -0.3 is 25.0 Å². The summed E-state index contributed by atoms with van der Waals surface area (Å²) in [5.41, 5.74) is 4.79. The highest BCUT2D eigenvalue weighted by atomic mass is 32.2. The number of aliphatic hydroxyl groups excluding tert-OH is 1. The van der Waals surface area contributed by atoms with E-state index in [1.807, 2.05) is 83.7 Å². The third-order valence-corrected chi connectivity index (χ3v) is 9.76. The van der Waals surface area contributed by atoms with Crippen molar-refractivity contribution in [3.63, 3.8) is 0 Å². The minimum Gasteiger partial charge on any atom is -0.497 e. The molecule has 2 atom stereocenters. The Morgan fingerprint density at radius 2 is 1.86 bits per heavy atom. The maximum absolute atomic E-state index is 13.8. The Kier molecular flexibility index (Phi) is 8.86. The molecule has 2 heterocycles. The number of hydrogen-bond donors (Lipinski definition) is 3. The van der Waals surface area contributed by atoms with Gasteiger partial charge in [-0.05, 0) is 48.2 Å². The molecule has 1 aliphatic heterocycles. The summed E-state index contributed by atoms with van der Waals surface area (Å²) in [5, 5.41) is 17.3. The fourth-order valence-electron chi connectivity index (χ4n) is 5.61. The van der Waals surface area contributed by atoms with Crippen molar-refractivity contribution in [1.29, 1.82) is 0 Å². The summed E-state index contributed by atoms with van der Waals surface area (Å²) in [6.45, 7) is 3.44. The molecular weight excluding hydrogens is 552 g/mol. The van der Waals surface area contributed by atoms with Crippen molar-refractivity contribution in [2.75, 3.05) is 30.8 Å². The Morgan fingerprint density at radius 1 is 1.10 bits per heavy atom. The molecule has 0 fully saturated rings. The monoisotopic (exact) mass is 591 g/mol. The van der Waals surface area contributed by atoms with Crippen LogP contribution in [0.15, 0.2) is 72.9 Å². The summed E-state index contributed by atoms with van der Waals surface area (Å²) in [6, 6.07) is 20.5. The molecule has 42 heavy (non-hydrogen) atoms. The number of aromatic nitrogens is 1. The zero-order valence-electron chi connectivity index (χ0n) is 24.3. The van der Waals surface area contributed by atoms with Crippen LogP contribution in [0.5, 0.6) is 5.75 Å². The number of aliphatic hydroxyl groups is 1. The first-order valence-corrected chi connectivity index (χ1v) is 15.9. The average Bonchev–Trinajstić information content (AvgIpc) is 3.33. The standard InChI is InChI=1S/C32H38N4O5S/c1-4-24-21-36-13-14-42(39,40)35(2)29-18-25(17-27(24)31(29)36)32(38)34-28(16-22-9-6-5-7-10-22)30(37)20-33-19-23-11-8-12-26(15-23)41-3/h5-12,15,17-18,21,28,30,33,37H,4,13-14,16,19-20H2,1-3H3,(H,34,38)/p+1/t28-,30+/m0/s1. The van der Waals surface area contributed by atoms with Crippen molar-refractivity contribution in [2.45, 2.75) is 45.0 Å². The van der Waals surface area contributed by atoms with Crippen molar-refractivity contribution in [3.05, 3.63) is 95.2 Å². The van der Waals surface area contributed by atoms with Gasteiger partial charge in [0.2, 0.25) is 10.0 Å². The van der Waals surface area contributed by atoms with Gasteiger partial charge in [0.1, 0.15) is 24.9 Å². The molecule has 9 nitrogen and oxygen atoms in total. The van der Waals surface area contributed by atoms with E-state index < -0.39 is 22.2 Å². The van der Waals surface area contributed by atoms with E-state index in [-0.39, 0.29) is 11.7 Å². The van der Waals surface area contributed by atoms with Gasteiger partial charge in [0.25, 0.3) is 5.91 Å². The van der Waals surface area contributed by atoms with Crippen LogP contribution < -0.4 is 19.7 Å². The number of carbonyl (C=O) groups is 1. The average molecular weight is 592 g/mol. The van der Waals surface area contributed by atoms with Crippen LogP contribution in [-0.4, -0.2) is 62.6 Å². The maximum atomic E-state index is 13.8. The molecule has 0 radical (unpaired) electrons. The summed E-state index contributed by atoms with van der Waals surface area (Å²) >= 11 is 0. The topological polar surface area (TPSA) is 117 Å². The van der Waals surface area contributed by atoms with Gasteiger partial charge in [0, 0.05) is 36.3 Å². The Bertz CT molecular complexity index is 1670. The van der Waals surface area contributed by atoms with Gasteiger partial charge in [-0.3, -0.25) is 9.10 Å². The fourth-order valence-corrected chi connectivity index (χ4v) is 6.75. The number of anilines is 1. The second-order valence-electron chi connectivity index (χ2n) is 10.8. The molecule has 1 aliphatic rings. The summed E-state index contributed by atoms with van der Waals surface area (Å²) < 4.78 is 34.4. The number of benzene rings is 3. The van der Waals surface area contributed by atoms with Crippen molar-refractivity contribution >= 4 is 32.5 Å². The second kappa shape index (κ2) is 12.6. The first kappa shape index (κ1) is 29.6. The quantitative estimate of drug-likeness (QED) is 0.248. The first-order valence-electron chi connectivity index (χ1n) is 14.3. The van der Waals surface area contributed by atoms with Gasteiger partial charge in [0.05, 0.1) is 30.1 Å². The molecular formula is C32H39N4O5S+. The van der Waals surface area contributed by atoms with Crippen molar-refractivity contribution in [2.24, 2.45) is 0 Å². The number of ether oxygens (including phenoxy) is 1. The predicted octanol–water partition coefficient (Wildman–Crippen LogP) is 2.46. The van der Waals surface area contributed by atoms with E-state index in [1.54, 1.807) is 20.2 Å². The van der Waals surface area contributed by atoms with Crippen LogP contribution in [0.2, 0.25) is 0 Å². The number of nitrogens with zero attached hydrogens (tertiary/aromatic N) is 2. The molecule has 0 spiro atoms. The minimum absolute atomic E-state index is 0.00967. The van der Waals surface area contributed by atoms with Crippen LogP contribution in [0.25, 0.3) is 10.9 Å². The zero-order chi connectivity index (χ0) is 29.9. The number of quaternary nitrogens is 1. The number of aryl methyl sites for hydroxylation is 2. The largest absolute Gasteiger partial charge is 0.497 e. The molecule has 4 aromatic rings. The number of sulfonamides is 1. The maximum Gasteiger partial charge on any atom is 0.251 e. The molecule has 222 valence electrons. The van der Waals surface area contributed by atoms with Gasteiger partial charge in [-0.25, -0.2) is 8.42 Å². The summed E-state index contributed by atoms with van der Waals surface area (Å²) in [5.74, 6) is 0.415. The van der Waals surface area contributed by atoms with Crippen molar-refractivity contribution in [1.82, 2.24) is 9.88 Å². The number of nitrogens with two attached hydrogens (primary N) is 1. The van der Waals surface area contributed by atoms with Crippen LogP contribution in [0.3, 0.4) is 0 Å². The summed E-state index contributed by atoms with van der Waals surface area (Å²) in [4.78, 5) is 13.8. The first-order chi connectivity index (χ1) is 20.2. The van der Waals surface area contributed by atoms with Crippen LogP contribution >= 0.6 is 0 Å². The SMILES string of the molecule is CCc1cn2c3c(cc(C(=O)N[C@@H](Cc4ccccc4)[C@H](O)C[NH2+]Cc4cccc(OC)c4)cc13)N(C)S(=O)(=O)CC2. The van der Waals surface area contributed by atoms with Gasteiger partial charge >= 0.3 is 0 Å².